The summed E-state index contributed by atoms with van der Waals surface area (Å²) in [6, 6.07) is 6.20. The lowest BCUT2D eigenvalue weighted by Gasteiger charge is -2.34. The molecule has 140 valence electrons. The van der Waals surface area contributed by atoms with Crippen LogP contribution in [0.2, 0.25) is 5.02 Å². The van der Waals surface area contributed by atoms with Crippen molar-refractivity contribution in [1.29, 1.82) is 0 Å². The van der Waals surface area contributed by atoms with Gasteiger partial charge >= 0.3 is 6.03 Å². The minimum absolute atomic E-state index is 0.0697. The Morgan fingerprint density at radius 2 is 1.96 bits per heavy atom. The Labute approximate surface area is 165 Å². The molecule has 7 nitrogen and oxygen atoms in total. The van der Waals surface area contributed by atoms with Gasteiger partial charge in [0.1, 0.15) is 4.90 Å². The average Bonchev–Trinajstić information content (AvgIpc) is 3.13. The number of sulfonamides is 1. The molecule has 0 spiro atoms. The molecule has 0 unspecified atom stereocenters. The monoisotopic (exact) mass is 461 g/mol. The number of urea groups is 1. The number of halogens is 2. The summed E-state index contributed by atoms with van der Waals surface area (Å²) in [7, 11) is -3.70. The topological polar surface area (TPSA) is 82.9 Å². The molecule has 3 rings (SSSR count). The third-order valence-corrected chi connectivity index (χ3v) is 6.94. The van der Waals surface area contributed by atoms with Crippen LogP contribution < -0.4 is 5.32 Å². The van der Waals surface area contributed by atoms with Gasteiger partial charge in [0.05, 0.1) is 17.5 Å². The number of nitrogens with one attached hydrogen (secondary N) is 1. The smallest absolute Gasteiger partial charge is 0.317 e. The molecular formula is C16H17BrClN3O4S. The van der Waals surface area contributed by atoms with Crippen molar-refractivity contribution in [3.05, 3.63) is 51.9 Å². The van der Waals surface area contributed by atoms with Crippen LogP contribution in [-0.2, 0) is 16.6 Å². The third kappa shape index (κ3) is 4.22. The number of hydrogen-bond donors (Lipinski definition) is 1. The zero-order valence-electron chi connectivity index (χ0n) is 13.7. The first kappa shape index (κ1) is 19.2. The predicted octanol–water partition coefficient (Wildman–Crippen LogP) is 2.91. The van der Waals surface area contributed by atoms with Crippen molar-refractivity contribution in [1.82, 2.24) is 14.5 Å². The minimum Gasteiger partial charge on any atom is -0.472 e. The van der Waals surface area contributed by atoms with Crippen LogP contribution in [0.25, 0.3) is 0 Å². The Morgan fingerprint density at radius 3 is 2.58 bits per heavy atom. The standard InChI is InChI=1S/C16H17BrClN3O4S/c17-13-1-2-15(14(18)9-13)26(23,24)21-6-4-20(5-7-21)16(22)19-10-12-3-8-25-11-12/h1-3,8-9,11H,4-7,10H2,(H,19,22). The number of benzene rings is 1. The van der Waals surface area contributed by atoms with Gasteiger partial charge in [0.15, 0.2) is 0 Å². The molecule has 2 aromatic rings. The van der Waals surface area contributed by atoms with Crippen LogP contribution in [0.5, 0.6) is 0 Å². The maximum absolute atomic E-state index is 12.8. The second kappa shape index (κ2) is 7.99. The van der Waals surface area contributed by atoms with Gasteiger partial charge in [-0.15, -0.1) is 0 Å². The van der Waals surface area contributed by atoms with Crippen LogP contribution in [0.15, 0.2) is 50.6 Å². The quantitative estimate of drug-likeness (QED) is 0.757. The van der Waals surface area contributed by atoms with E-state index in [0.717, 1.165) is 5.56 Å². The molecule has 0 radical (unpaired) electrons. The van der Waals surface area contributed by atoms with Gasteiger partial charge in [-0.25, -0.2) is 13.2 Å². The Bertz CT molecular complexity index is 881. The molecule has 0 aliphatic carbocycles. The van der Waals surface area contributed by atoms with Crippen LogP contribution in [0.3, 0.4) is 0 Å². The van der Waals surface area contributed by atoms with Gasteiger partial charge in [-0.05, 0) is 24.3 Å². The van der Waals surface area contributed by atoms with Crippen LogP contribution in [0, 0.1) is 0 Å². The molecule has 2 heterocycles. The lowest BCUT2D eigenvalue weighted by Crippen LogP contribution is -2.52. The number of piperazine rings is 1. The highest BCUT2D eigenvalue weighted by molar-refractivity contribution is 9.10. The summed E-state index contributed by atoms with van der Waals surface area (Å²) in [6.07, 6.45) is 3.10. The first-order valence-electron chi connectivity index (χ1n) is 7.87. The average molecular weight is 463 g/mol. The van der Waals surface area contributed by atoms with Crippen molar-refractivity contribution in [2.45, 2.75) is 11.4 Å². The first-order valence-corrected chi connectivity index (χ1v) is 10.5. The molecule has 0 saturated carbocycles. The minimum atomic E-state index is -3.70. The number of nitrogens with zero attached hydrogens (tertiary/aromatic N) is 2. The van der Waals surface area contributed by atoms with Crippen molar-refractivity contribution in [2.75, 3.05) is 26.2 Å². The molecule has 2 amide bonds. The highest BCUT2D eigenvalue weighted by atomic mass is 79.9. The molecule has 1 aromatic carbocycles. The van der Waals surface area contributed by atoms with E-state index < -0.39 is 10.0 Å². The van der Waals surface area contributed by atoms with Gasteiger partial charge < -0.3 is 14.6 Å². The molecule has 1 fully saturated rings. The molecule has 1 aliphatic heterocycles. The molecule has 26 heavy (non-hydrogen) atoms. The maximum Gasteiger partial charge on any atom is 0.317 e. The number of carbonyl (C=O) groups is 1. The van der Waals surface area contributed by atoms with E-state index in [4.69, 9.17) is 16.0 Å². The molecule has 1 saturated heterocycles. The van der Waals surface area contributed by atoms with E-state index in [1.165, 1.54) is 10.4 Å². The Balaban J connectivity index is 1.59. The number of rotatable bonds is 4. The third-order valence-electron chi connectivity index (χ3n) is 4.06. The Hall–Kier alpha value is -1.55. The van der Waals surface area contributed by atoms with Crippen molar-refractivity contribution < 1.29 is 17.6 Å². The van der Waals surface area contributed by atoms with Crippen LogP contribution in [0.1, 0.15) is 5.56 Å². The molecule has 0 atom stereocenters. The highest BCUT2D eigenvalue weighted by Gasteiger charge is 2.31. The number of amides is 2. The molecule has 0 bridgehead atoms. The van der Waals surface area contributed by atoms with E-state index in [0.29, 0.717) is 24.1 Å². The zero-order chi connectivity index (χ0) is 18.7. The molecule has 10 heteroatoms. The second-order valence-corrected chi connectivity index (χ2v) is 8.99. The highest BCUT2D eigenvalue weighted by Crippen LogP contribution is 2.28. The van der Waals surface area contributed by atoms with E-state index in [1.54, 1.807) is 35.6 Å². The fourth-order valence-corrected chi connectivity index (χ4v) is 5.07. The summed E-state index contributed by atoms with van der Waals surface area (Å²) in [5.74, 6) is 0. The zero-order valence-corrected chi connectivity index (χ0v) is 16.8. The SMILES string of the molecule is O=C(NCc1ccoc1)N1CCN(S(=O)(=O)c2ccc(Br)cc2Cl)CC1. The summed E-state index contributed by atoms with van der Waals surface area (Å²) >= 11 is 9.35. The van der Waals surface area contributed by atoms with Gasteiger partial charge in [-0.3, -0.25) is 0 Å². The summed E-state index contributed by atoms with van der Waals surface area (Å²) in [6.45, 7) is 1.42. The fraction of sp³-hybridized carbons (Fsp3) is 0.312. The van der Waals surface area contributed by atoms with Gasteiger partial charge in [0.2, 0.25) is 10.0 Å². The van der Waals surface area contributed by atoms with E-state index in [-0.39, 0.29) is 29.0 Å². The summed E-state index contributed by atoms with van der Waals surface area (Å²) in [5, 5.41) is 2.95. The summed E-state index contributed by atoms with van der Waals surface area (Å²) < 4.78 is 32.6. The summed E-state index contributed by atoms with van der Waals surface area (Å²) in [5.41, 5.74) is 0.865. The lowest BCUT2D eigenvalue weighted by molar-refractivity contribution is 0.172. The molecule has 1 N–H and O–H groups in total. The second-order valence-electron chi connectivity index (χ2n) is 5.76. The first-order chi connectivity index (χ1) is 12.4. The van der Waals surface area contributed by atoms with Gasteiger partial charge in [0.25, 0.3) is 0 Å². The van der Waals surface area contributed by atoms with Crippen LogP contribution in [-0.4, -0.2) is 49.8 Å². The molecule has 1 aromatic heterocycles. The largest absolute Gasteiger partial charge is 0.472 e. The van der Waals surface area contributed by atoms with Crippen molar-refractivity contribution >= 4 is 43.6 Å². The van der Waals surface area contributed by atoms with E-state index in [2.05, 4.69) is 21.2 Å². The van der Waals surface area contributed by atoms with Crippen LogP contribution in [0.4, 0.5) is 4.79 Å². The van der Waals surface area contributed by atoms with Crippen molar-refractivity contribution in [2.24, 2.45) is 0 Å². The van der Waals surface area contributed by atoms with E-state index >= 15 is 0 Å². The lowest BCUT2D eigenvalue weighted by atomic mass is 10.3. The number of hydrogen-bond acceptors (Lipinski definition) is 4. The molecule has 1 aliphatic rings. The number of carbonyl (C=O) groups excluding carboxylic acids is 1. The van der Waals surface area contributed by atoms with Gasteiger partial charge in [-0.1, -0.05) is 27.5 Å². The number of furan rings is 1. The van der Waals surface area contributed by atoms with E-state index in [1.807, 2.05) is 0 Å². The summed E-state index contributed by atoms with van der Waals surface area (Å²) in [4.78, 5) is 13.9. The van der Waals surface area contributed by atoms with E-state index in [9.17, 15) is 13.2 Å². The van der Waals surface area contributed by atoms with Gasteiger partial charge in [0, 0.05) is 42.8 Å². The maximum atomic E-state index is 12.8. The normalized spacial score (nSPS) is 15.8. The predicted molar refractivity (Wildman–Crippen MR) is 100 cm³/mol. The van der Waals surface area contributed by atoms with Gasteiger partial charge in [-0.2, -0.15) is 4.31 Å². The molecular weight excluding hydrogens is 446 g/mol. The fourth-order valence-electron chi connectivity index (χ4n) is 2.64. The van der Waals surface area contributed by atoms with Crippen molar-refractivity contribution in [3.8, 4) is 0 Å². The van der Waals surface area contributed by atoms with Crippen LogP contribution >= 0.6 is 27.5 Å². The Kier molecular flexibility index (Phi) is 5.91. The Morgan fingerprint density at radius 1 is 1.23 bits per heavy atom. The van der Waals surface area contributed by atoms with Crippen molar-refractivity contribution in [3.63, 3.8) is 0 Å².